The summed E-state index contributed by atoms with van der Waals surface area (Å²) >= 11 is 0. The number of methoxy groups -OCH3 is 2. The Balaban J connectivity index is 2.40. The predicted octanol–water partition coefficient (Wildman–Crippen LogP) is 2.80. The van der Waals surface area contributed by atoms with Gasteiger partial charge in [-0.15, -0.1) is 0 Å². The maximum atomic E-state index is 14.2. The lowest BCUT2D eigenvalue weighted by atomic mass is 9.96. The number of sulfonamides is 1. The predicted molar refractivity (Wildman–Crippen MR) is 81.3 cm³/mol. The van der Waals surface area contributed by atoms with Gasteiger partial charge in [-0.2, -0.15) is 4.31 Å². The highest BCUT2D eigenvalue weighted by Gasteiger charge is 2.32. The summed E-state index contributed by atoms with van der Waals surface area (Å²) in [6.45, 7) is 0. The highest BCUT2D eigenvalue weighted by atomic mass is 32.2. The molecule has 124 valence electrons. The number of benzene rings is 1. The van der Waals surface area contributed by atoms with Gasteiger partial charge in [0.25, 0.3) is 0 Å². The van der Waals surface area contributed by atoms with Crippen LogP contribution < -0.4 is 9.47 Å². The van der Waals surface area contributed by atoms with E-state index in [1.54, 1.807) is 0 Å². The summed E-state index contributed by atoms with van der Waals surface area (Å²) in [5.74, 6) is -0.473. The van der Waals surface area contributed by atoms with E-state index in [0.717, 1.165) is 38.2 Å². The van der Waals surface area contributed by atoms with Gasteiger partial charge in [-0.3, -0.25) is 0 Å². The molecule has 0 bridgehead atoms. The molecule has 1 aromatic rings. The molecule has 7 heteroatoms. The lowest BCUT2D eigenvalue weighted by molar-refractivity contribution is 0.284. The Bertz CT molecular complexity index is 627. The van der Waals surface area contributed by atoms with Crippen LogP contribution in [0.2, 0.25) is 0 Å². The van der Waals surface area contributed by atoms with Gasteiger partial charge >= 0.3 is 0 Å². The Morgan fingerprint density at radius 1 is 1.09 bits per heavy atom. The van der Waals surface area contributed by atoms with Crippen LogP contribution in [0.1, 0.15) is 32.1 Å². The molecule has 0 N–H and O–H groups in total. The first-order valence-electron chi connectivity index (χ1n) is 7.31. The number of nitrogens with zero attached hydrogens (tertiary/aromatic N) is 1. The van der Waals surface area contributed by atoms with Gasteiger partial charge in [-0.05, 0) is 12.8 Å². The van der Waals surface area contributed by atoms with Crippen LogP contribution >= 0.6 is 0 Å². The van der Waals surface area contributed by atoms with Crippen LogP contribution in [0.25, 0.3) is 0 Å². The molecule has 0 unspecified atom stereocenters. The van der Waals surface area contributed by atoms with Crippen molar-refractivity contribution in [1.82, 2.24) is 4.31 Å². The molecule has 0 heterocycles. The van der Waals surface area contributed by atoms with Crippen molar-refractivity contribution >= 4 is 10.0 Å². The summed E-state index contributed by atoms with van der Waals surface area (Å²) in [7, 11) is 0.372. The molecule has 0 aliphatic heterocycles. The molecule has 0 atom stereocenters. The molecule has 0 radical (unpaired) electrons. The second-order valence-corrected chi connectivity index (χ2v) is 7.42. The number of hydrogen-bond donors (Lipinski definition) is 0. The molecule has 2 rings (SSSR count). The first kappa shape index (κ1) is 17.0. The highest BCUT2D eigenvalue weighted by Crippen LogP contribution is 2.34. The fourth-order valence-corrected chi connectivity index (χ4v) is 4.30. The summed E-state index contributed by atoms with van der Waals surface area (Å²) in [5, 5.41) is 0. The molecule has 1 aliphatic rings. The van der Waals surface area contributed by atoms with Crippen molar-refractivity contribution in [3.05, 3.63) is 17.9 Å². The zero-order valence-electron chi connectivity index (χ0n) is 13.1. The minimum atomic E-state index is -3.90. The Kier molecular flexibility index (Phi) is 5.28. The molecule has 1 aromatic carbocycles. The minimum Gasteiger partial charge on any atom is -0.493 e. The third-order valence-electron chi connectivity index (χ3n) is 4.18. The minimum absolute atomic E-state index is 0.0775. The first-order chi connectivity index (χ1) is 10.4. The van der Waals surface area contributed by atoms with Crippen molar-refractivity contribution in [3.8, 4) is 11.5 Å². The highest BCUT2D eigenvalue weighted by molar-refractivity contribution is 7.89. The van der Waals surface area contributed by atoms with E-state index in [1.807, 2.05) is 0 Å². The largest absolute Gasteiger partial charge is 0.493 e. The van der Waals surface area contributed by atoms with E-state index in [-0.39, 0.29) is 22.4 Å². The van der Waals surface area contributed by atoms with Crippen LogP contribution in [0.15, 0.2) is 17.0 Å². The van der Waals surface area contributed by atoms with Crippen molar-refractivity contribution < 1.29 is 22.3 Å². The van der Waals surface area contributed by atoms with E-state index in [9.17, 15) is 12.8 Å². The molecule has 0 spiro atoms. The maximum absolute atomic E-state index is 14.2. The lowest BCUT2D eigenvalue weighted by Crippen LogP contribution is -2.38. The van der Waals surface area contributed by atoms with Gasteiger partial charge in [-0.1, -0.05) is 19.3 Å². The first-order valence-corrected chi connectivity index (χ1v) is 8.75. The van der Waals surface area contributed by atoms with Crippen molar-refractivity contribution in [2.45, 2.75) is 43.0 Å². The zero-order chi connectivity index (χ0) is 16.3. The van der Waals surface area contributed by atoms with Crippen molar-refractivity contribution in [1.29, 1.82) is 0 Å². The van der Waals surface area contributed by atoms with E-state index < -0.39 is 15.8 Å². The topological polar surface area (TPSA) is 55.8 Å². The maximum Gasteiger partial charge on any atom is 0.246 e. The van der Waals surface area contributed by atoms with E-state index in [1.165, 1.54) is 31.6 Å². The number of halogens is 1. The van der Waals surface area contributed by atoms with Crippen molar-refractivity contribution in [2.24, 2.45) is 0 Å². The molecular weight excluding hydrogens is 309 g/mol. The van der Waals surface area contributed by atoms with Crippen LogP contribution in [0.4, 0.5) is 4.39 Å². The van der Waals surface area contributed by atoms with Crippen LogP contribution in [0.3, 0.4) is 0 Å². The van der Waals surface area contributed by atoms with Crippen LogP contribution in [-0.2, 0) is 10.0 Å². The molecule has 0 aromatic heterocycles. The second-order valence-electron chi connectivity index (χ2n) is 5.45. The lowest BCUT2D eigenvalue weighted by Gasteiger charge is -2.30. The Morgan fingerprint density at radius 2 is 1.64 bits per heavy atom. The molecule has 5 nitrogen and oxygen atoms in total. The molecule has 1 fully saturated rings. The molecule has 1 saturated carbocycles. The number of ether oxygens (including phenoxy) is 2. The monoisotopic (exact) mass is 331 g/mol. The van der Waals surface area contributed by atoms with E-state index in [4.69, 9.17) is 9.47 Å². The Hall–Kier alpha value is -1.34. The summed E-state index contributed by atoms with van der Waals surface area (Å²) in [5.41, 5.74) is 0. The molecule has 0 amide bonds. The van der Waals surface area contributed by atoms with Gasteiger partial charge in [0.05, 0.1) is 14.2 Å². The summed E-state index contributed by atoms with van der Waals surface area (Å²) in [6.07, 6.45) is 4.74. The third-order valence-corrected chi connectivity index (χ3v) is 6.11. The fourth-order valence-electron chi connectivity index (χ4n) is 2.83. The van der Waals surface area contributed by atoms with Crippen molar-refractivity contribution in [2.75, 3.05) is 21.3 Å². The smallest absolute Gasteiger partial charge is 0.246 e. The zero-order valence-corrected chi connectivity index (χ0v) is 14.0. The Morgan fingerprint density at radius 3 is 2.18 bits per heavy atom. The quantitative estimate of drug-likeness (QED) is 0.832. The van der Waals surface area contributed by atoms with Crippen molar-refractivity contribution in [3.63, 3.8) is 0 Å². The van der Waals surface area contributed by atoms with Gasteiger partial charge in [0.1, 0.15) is 10.7 Å². The van der Waals surface area contributed by atoms with E-state index in [0.29, 0.717) is 0 Å². The van der Waals surface area contributed by atoms with Gasteiger partial charge < -0.3 is 9.47 Å². The van der Waals surface area contributed by atoms with Gasteiger partial charge in [0.2, 0.25) is 10.0 Å². The van der Waals surface area contributed by atoms with E-state index >= 15 is 0 Å². The number of rotatable bonds is 5. The summed E-state index contributed by atoms with van der Waals surface area (Å²) in [6, 6.07) is 2.15. The molecule has 1 aliphatic carbocycles. The Labute approximate surface area is 131 Å². The van der Waals surface area contributed by atoms with Gasteiger partial charge in [0, 0.05) is 25.2 Å². The van der Waals surface area contributed by atoms with Crippen LogP contribution in [0, 0.1) is 5.82 Å². The summed E-state index contributed by atoms with van der Waals surface area (Å²) < 4.78 is 51.0. The van der Waals surface area contributed by atoms with E-state index in [2.05, 4.69) is 0 Å². The van der Waals surface area contributed by atoms with Gasteiger partial charge in [-0.25, -0.2) is 12.8 Å². The average Bonchev–Trinajstić information content (AvgIpc) is 2.54. The SMILES string of the molecule is COc1cc(F)c(S(=O)(=O)N(C)C2CCCCC2)cc1OC. The third kappa shape index (κ3) is 3.20. The molecule has 22 heavy (non-hydrogen) atoms. The summed E-state index contributed by atoms with van der Waals surface area (Å²) in [4.78, 5) is -0.377. The standard InChI is InChI=1S/C15H22FNO4S/c1-17(11-7-5-4-6-8-11)22(18,19)15-10-14(21-3)13(20-2)9-12(15)16/h9-11H,4-8H2,1-3H3. The molecular formula is C15H22FNO4S. The normalized spacial score (nSPS) is 16.8. The van der Waals surface area contributed by atoms with Crippen LogP contribution in [0.5, 0.6) is 11.5 Å². The van der Waals surface area contributed by atoms with Crippen LogP contribution in [-0.4, -0.2) is 40.0 Å². The van der Waals surface area contributed by atoms with Gasteiger partial charge in [0.15, 0.2) is 11.5 Å². The number of hydrogen-bond acceptors (Lipinski definition) is 4. The second kappa shape index (κ2) is 6.83. The average molecular weight is 331 g/mol. The molecule has 0 saturated heterocycles. The fraction of sp³-hybridized carbons (Fsp3) is 0.600.